The normalized spacial score (nSPS) is 16.1. The van der Waals surface area contributed by atoms with Crippen LogP contribution in [0.1, 0.15) is 19.3 Å². The van der Waals surface area contributed by atoms with Gasteiger partial charge >= 0.3 is 0 Å². The molecule has 0 atom stereocenters. The summed E-state index contributed by atoms with van der Waals surface area (Å²) in [5.41, 5.74) is 0. The van der Waals surface area contributed by atoms with E-state index in [0.717, 1.165) is 6.42 Å². The molecule has 3 rings (SSSR count). The Kier molecular flexibility index (Phi) is 3.23. The number of hydrogen-bond donors (Lipinski definition) is 2. The van der Waals surface area contributed by atoms with Gasteiger partial charge in [-0.15, -0.1) is 11.3 Å². The van der Waals surface area contributed by atoms with Crippen LogP contribution in [0, 0.1) is 5.92 Å². The Bertz CT molecular complexity index is 685. The monoisotopic (exact) mass is 300 g/mol. The maximum absolute atomic E-state index is 12.4. The van der Waals surface area contributed by atoms with Crippen molar-refractivity contribution in [2.45, 2.75) is 24.3 Å². The van der Waals surface area contributed by atoms with Crippen LogP contribution >= 0.6 is 11.3 Å². The molecule has 0 unspecified atom stereocenters. The van der Waals surface area contributed by atoms with Gasteiger partial charge in [-0.25, -0.2) is 18.1 Å². The fourth-order valence-corrected chi connectivity index (χ4v) is 4.16. The van der Waals surface area contributed by atoms with Gasteiger partial charge in [0, 0.05) is 25.2 Å². The molecule has 0 saturated heterocycles. The predicted molar refractivity (Wildman–Crippen MR) is 75.1 cm³/mol. The summed E-state index contributed by atoms with van der Waals surface area (Å²) in [5.74, 6) is 1.10. The lowest BCUT2D eigenvalue weighted by Crippen LogP contribution is -2.26. The maximum atomic E-state index is 12.4. The van der Waals surface area contributed by atoms with E-state index in [9.17, 15) is 8.42 Å². The molecule has 0 aliphatic heterocycles. The standard InChI is InChI=1S/C11H16N4O2S2/c1-12-9-10(15-6-7-18-11(15)14-9)19(16,17)13-5-4-8-2-3-8/h6-8,12-13H,2-5H2,1H3. The molecule has 1 aliphatic carbocycles. The van der Waals surface area contributed by atoms with Crippen LogP contribution in [0.5, 0.6) is 0 Å². The van der Waals surface area contributed by atoms with Crippen molar-refractivity contribution < 1.29 is 8.42 Å². The quantitative estimate of drug-likeness (QED) is 0.848. The largest absolute Gasteiger partial charge is 0.371 e. The average Bonchev–Trinajstić information content (AvgIpc) is 2.95. The van der Waals surface area contributed by atoms with E-state index in [2.05, 4.69) is 15.0 Å². The summed E-state index contributed by atoms with van der Waals surface area (Å²) in [6.07, 6.45) is 5.10. The lowest BCUT2D eigenvalue weighted by atomic mass is 10.3. The number of aromatic nitrogens is 2. The Hall–Kier alpha value is -1.12. The van der Waals surface area contributed by atoms with Gasteiger partial charge in [0.15, 0.2) is 15.8 Å². The zero-order chi connectivity index (χ0) is 13.5. The van der Waals surface area contributed by atoms with Gasteiger partial charge in [-0.3, -0.25) is 4.40 Å². The molecular weight excluding hydrogens is 284 g/mol. The van der Waals surface area contributed by atoms with E-state index in [1.165, 1.54) is 24.2 Å². The predicted octanol–water partition coefficient (Wildman–Crippen LogP) is 1.52. The third kappa shape index (κ3) is 2.47. The molecular formula is C11H16N4O2S2. The molecule has 6 nitrogen and oxygen atoms in total. The number of imidazole rings is 1. The third-order valence-electron chi connectivity index (χ3n) is 3.25. The molecule has 1 saturated carbocycles. The molecule has 0 amide bonds. The van der Waals surface area contributed by atoms with Gasteiger partial charge < -0.3 is 5.32 Å². The van der Waals surface area contributed by atoms with Crippen molar-refractivity contribution in [1.82, 2.24) is 14.1 Å². The average molecular weight is 300 g/mol. The minimum Gasteiger partial charge on any atom is -0.371 e. The highest BCUT2D eigenvalue weighted by Gasteiger charge is 2.26. The van der Waals surface area contributed by atoms with Crippen LogP contribution in [-0.4, -0.2) is 31.4 Å². The number of fused-ring (bicyclic) bond motifs is 1. The molecule has 2 aromatic heterocycles. The summed E-state index contributed by atoms with van der Waals surface area (Å²) in [5, 5.41) is 4.87. The molecule has 19 heavy (non-hydrogen) atoms. The highest BCUT2D eigenvalue weighted by atomic mass is 32.2. The van der Waals surface area contributed by atoms with Crippen molar-refractivity contribution >= 4 is 32.1 Å². The second-order valence-electron chi connectivity index (χ2n) is 4.70. The highest BCUT2D eigenvalue weighted by Crippen LogP contribution is 2.32. The fourth-order valence-electron chi connectivity index (χ4n) is 2.06. The Morgan fingerprint density at radius 2 is 2.32 bits per heavy atom. The van der Waals surface area contributed by atoms with Crippen molar-refractivity contribution in [3.05, 3.63) is 11.6 Å². The van der Waals surface area contributed by atoms with Gasteiger partial charge in [-0.05, 0) is 12.3 Å². The third-order valence-corrected chi connectivity index (χ3v) is 5.49. The van der Waals surface area contributed by atoms with Crippen LogP contribution in [0.25, 0.3) is 4.96 Å². The van der Waals surface area contributed by atoms with Crippen molar-refractivity contribution in [3.63, 3.8) is 0 Å². The zero-order valence-corrected chi connectivity index (χ0v) is 12.2. The lowest BCUT2D eigenvalue weighted by molar-refractivity contribution is 0.571. The minimum absolute atomic E-state index is 0.196. The number of thiazole rings is 1. The number of nitrogens with one attached hydrogen (secondary N) is 2. The summed E-state index contributed by atoms with van der Waals surface area (Å²) in [7, 11) is -1.85. The topological polar surface area (TPSA) is 75.5 Å². The number of nitrogens with zero attached hydrogens (tertiary/aromatic N) is 2. The van der Waals surface area contributed by atoms with E-state index in [0.29, 0.717) is 23.2 Å². The van der Waals surface area contributed by atoms with E-state index < -0.39 is 10.0 Å². The Balaban J connectivity index is 1.89. The van der Waals surface area contributed by atoms with E-state index in [1.807, 2.05) is 5.38 Å². The van der Waals surface area contributed by atoms with E-state index >= 15 is 0 Å². The van der Waals surface area contributed by atoms with Crippen molar-refractivity contribution in [1.29, 1.82) is 0 Å². The Morgan fingerprint density at radius 3 is 3.00 bits per heavy atom. The minimum atomic E-state index is -3.53. The Morgan fingerprint density at radius 1 is 1.53 bits per heavy atom. The number of anilines is 1. The number of hydrogen-bond acceptors (Lipinski definition) is 5. The summed E-state index contributed by atoms with van der Waals surface area (Å²) < 4.78 is 29.0. The molecule has 2 N–H and O–H groups in total. The molecule has 8 heteroatoms. The Labute approximate surface area is 115 Å². The maximum Gasteiger partial charge on any atom is 0.260 e. The van der Waals surface area contributed by atoms with E-state index in [1.54, 1.807) is 17.6 Å². The number of rotatable bonds is 6. The first-order chi connectivity index (χ1) is 9.12. The summed E-state index contributed by atoms with van der Waals surface area (Å²) in [6.45, 7) is 0.494. The van der Waals surface area contributed by atoms with Crippen LogP contribution < -0.4 is 10.0 Å². The molecule has 104 valence electrons. The first-order valence-corrected chi connectivity index (χ1v) is 8.61. The molecule has 0 aromatic carbocycles. The van der Waals surface area contributed by atoms with Gasteiger partial charge in [-0.1, -0.05) is 12.8 Å². The van der Waals surface area contributed by atoms with Crippen molar-refractivity contribution in [3.8, 4) is 0 Å². The van der Waals surface area contributed by atoms with Gasteiger partial charge in [0.05, 0.1) is 0 Å². The molecule has 0 spiro atoms. The van der Waals surface area contributed by atoms with Gasteiger partial charge in [0.25, 0.3) is 10.0 Å². The highest BCUT2D eigenvalue weighted by molar-refractivity contribution is 7.89. The lowest BCUT2D eigenvalue weighted by Gasteiger charge is -2.07. The second kappa shape index (κ2) is 4.77. The van der Waals surface area contributed by atoms with Crippen LogP contribution in [0.3, 0.4) is 0 Å². The molecule has 1 fully saturated rings. The first kappa shape index (κ1) is 12.9. The first-order valence-electron chi connectivity index (χ1n) is 6.25. The van der Waals surface area contributed by atoms with E-state index in [4.69, 9.17) is 0 Å². The van der Waals surface area contributed by atoms with Gasteiger partial charge in [0.1, 0.15) is 0 Å². The SMILES string of the molecule is CNc1nc2sccn2c1S(=O)(=O)NCCC1CC1. The van der Waals surface area contributed by atoms with Gasteiger partial charge in [0.2, 0.25) is 0 Å². The summed E-state index contributed by atoms with van der Waals surface area (Å²) >= 11 is 1.41. The molecule has 0 radical (unpaired) electrons. The van der Waals surface area contributed by atoms with Crippen LogP contribution in [0.15, 0.2) is 16.6 Å². The zero-order valence-electron chi connectivity index (χ0n) is 10.6. The molecule has 2 heterocycles. The molecule has 0 bridgehead atoms. The smallest absolute Gasteiger partial charge is 0.260 e. The van der Waals surface area contributed by atoms with Crippen LogP contribution in [0.2, 0.25) is 0 Å². The van der Waals surface area contributed by atoms with Crippen molar-refractivity contribution in [2.24, 2.45) is 5.92 Å². The molecule has 1 aliphatic rings. The van der Waals surface area contributed by atoms with Crippen LogP contribution in [-0.2, 0) is 10.0 Å². The summed E-state index contributed by atoms with van der Waals surface area (Å²) in [6, 6.07) is 0. The number of sulfonamides is 1. The second-order valence-corrected chi connectivity index (χ2v) is 7.26. The fraction of sp³-hybridized carbons (Fsp3) is 0.545. The molecule has 2 aromatic rings. The van der Waals surface area contributed by atoms with Crippen LogP contribution in [0.4, 0.5) is 5.82 Å². The van der Waals surface area contributed by atoms with E-state index in [-0.39, 0.29) is 5.03 Å². The van der Waals surface area contributed by atoms with Gasteiger partial charge in [-0.2, -0.15) is 0 Å². The van der Waals surface area contributed by atoms with Crippen molar-refractivity contribution in [2.75, 3.05) is 18.9 Å². The summed E-state index contributed by atoms with van der Waals surface area (Å²) in [4.78, 5) is 4.94.